The van der Waals surface area contributed by atoms with Gasteiger partial charge in [0.1, 0.15) is 0 Å². The Hall–Kier alpha value is -1.14. The van der Waals surface area contributed by atoms with Crippen LogP contribution in [0.1, 0.15) is 19.3 Å². The molecule has 2 aliphatic rings. The Balaban J connectivity index is 1.64. The van der Waals surface area contributed by atoms with Crippen LogP contribution in [0.4, 0.5) is 0 Å². The highest BCUT2D eigenvalue weighted by atomic mass is 16.5. The number of carbonyl (C=O) groups is 2. The first kappa shape index (κ1) is 14.3. The number of amides is 2. The van der Waals surface area contributed by atoms with E-state index in [9.17, 15) is 9.59 Å². The molecule has 2 aliphatic heterocycles. The molecule has 2 N–H and O–H groups in total. The van der Waals surface area contributed by atoms with Gasteiger partial charge in [0.2, 0.25) is 11.8 Å². The topological polar surface area (TPSA) is 70.7 Å². The summed E-state index contributed by atoms with van der Waals surface area (Å²) in [6.07, 6.45) is 3.13. The van der Waals surface area contributed by atoms with Crippen molar-refractivity contribution in [2.45, 2.75) is 25.4 Å². The SMILES string of the molecule is CNC(=O)C1CCN(CC(=O)NCC2CCCO2)C1. The van der Waals surface area contributed by atoms with Crippen molar-refractivity contribution < 1.29 is 14.3 Å². The molecule has 108 valence electrons. The van der Waals surface area contributed by atoms with E-state index in [4.69, 9.17) is 4.74 Å². The normalized spacial score (nSPS) is 27.4. The standard InChI is InChI=1S/C13H23N3O3/c1-14-13(18)10-4-5-16(8-10)9-12(17)15-7-11-3-2-6-19-11/h10-11H,2-9H2,1H3,(H,14,18)(H,15,17). The average molecular weight is 269 g/mol. The number of likely N-dealkylation sites (tertiary alicyclic amines) is 1. The monoisotopic (exact) mass is 269 g/mol. The minimum Gasteiger partial charge on any atom is -0.376 e. The first-order valence-electron chi connectivity index (χ1n) is 7.01. The van der Waals surface area contributed by atoms with Crippen LogP contribution in [0.2, 0.25) is 0 Å². The Labute approximate surface area is 113 Å². The molecule has 0 aromatic rings. The van der Waals surface area contributed by atoms with Crippen LogP contribution >= 0.6 is 0 Å². The van der Waals surface area contributed by atoms with Crippen LogP contribution in [-0.4, -0.2) is 62.7 Å². The van der Waals surface area contributed by atoms with E-state index >= 15 is 0 Å². The zero-order valence-electron chi connectivity index (χ0n) is 11.5. The summed E-state index contributed by atoms with van der Waals surface area (Å²) in [7, 11) is 1.65. The van der Waals surface area contributed by atoms with E-state index in [2.05, 4.69) is 10.6 Å². The highest BCUT2D eigenvalue weighted by Gasteiger charge is 2.28. The molecular weight excluding hydrogens is 246 g/mol. The van der Waals surface area contributed by atoms with Gasteiger partial charge in [-0.1, -0.05) is 0 Å². The van der Waals surface area contributed by atoms with Gasteiger partial charge < -0.3 is 15.4 Å². The summed E-state index contributed by atoms with van der Waals surface area (Å²) in [5.74, 6) is 0.117. The van der Waals surface area contributed by atoms with Gasteiger partial charge in [-0.3, -0.25) is 14.5 Å². The fourth-order valence-electron chi connectivity index (χ4n) is 2.69. The van der Waals surface area contributed by atoms with E-state index < -0.39 is 0 Å². The molecule has 6 heteroatoms. The fourth-order valence-corrected chi connectivity index (χ4v) is 2.69. The average Bonchev–Trinajstić information content (AvgIpc) is 3.06. The first-order valence-corrected chi connectivity index (χ1v) is 7.01. The highest BCUT2D eigenvalue weighted by Crippen LogP contribution is 2.15. The van der Waals surface area contributed by atoms with Crippen LogP contribution in [0.5, 0.6) is 0 Å². The third kappa shape index (κ3) is 4.18. The second-order valence-electron chi connectivity index (χ2n) is 5.27. The maximum atomic E-state index is 11.8. The highest BCUT2D eigenvalue weighted by molar-refractivity contribution is 5.80. The molecular formula is C13H23N3O3. The summed E-state index contributed by atoms with van der Waals surface area (Å²) in [6.45, 7) is 3.27. The molecule has 2 rings (SSSR count). The van der Waals surface area contributed by atoms with Gasteiger partial charge in [0.15, 0.2) is 0 Å². The van der Waals surface area contributed by atoms with Crippen molar-refractivity contribution in [2.24, 2.45) is 5.92 Å². The first-order chi connectivity index (χ1) is 9.19. The summed E-state index contributed by atoms with van der Waals surface area (Å²) < 4.78 is 5.46. The van der Waals surface area contributed by atoms with Gasteiger partial charge in [-0.15, -0.1) is 0 Å². The van der Waals surface area contributed by atoms with E-state index in [-0.39, 0.29) is 23.8 Å². The number of hydrogen-bond acceptors (Lipinski definition) is 4. The fraction of sp³-hybridized carbons (Fsp3) is 0.846. The zero-order chi connectivity index (χ0) is 13.7. The third-order valence-corrected chi connectivity index (χ3v) is 3.81. The van der Waals surface area contributed by atoms with Gasteiger partial charge in [0.25, 0.3) is 0 Å². The molecule has 2 unspecified atom stereocenters. The van der Waals surface area contributed by atoms with Crippen LogP contribution in [0.25, 0.3) is 0 Å². The molecule has 2 saturated heterocycles. The molecule has 6 nitrogen and oxygen atoms in total. The summed E-state index contributed by atoms with van der Waals surface area (Å²) in [4.78, 5) is 25.3. The largest absolute Gasteiger partial charge is 0.376 e. The molecule has 0 aromatic carbocycles. The van der Waals surface area contributed by atoms with Gasteiger partial charge in [-0.2, -0.15) is 0 Å². The Bertz CT molecular complexity index is 329. The lowest BCUT2D eigenvalue weighted by molar-refractivity contribution is -0.125. The number of hydrogen-bond donors (Lipinski definition) is 2. The maximum absolute atomic E-state index is 11.8. The number of rotatable bonds is 5. The summed E-state index contributed by atoms with van der Waals surface area (Å²) >= 11 is 0. The van der Waals surface area contributed by atoms with Crippen LogP contribution in [0, 0.1) is 5.92 Å². The van der Waals surface area contributed by atoms with Crippen LogP contribution in [0.15, 0.2) is 0 Å². The van der Waals surface area contributed by atoms with Gasteiger partial charge in [0.05, 0.1) is 18.6 Å². The van der Waals surface area contributed by atoms with Gasteiger partial charge in [-0.05, 0) is 25.8 Å². The molecule has 19 heavy (non-hydrogen) atoms. The molecule has 0 spiro atoms. The van der Waals surface area contributed by atoms with E-state index in [1.807, 2.05) is 4.90 Å². The minimum absolute atomic E-state index is 0.0213. The summed E-state index contributed by atoms with van der Waals surface area (Å²) in [5, 5.41) is 5.56. The lowest BCUT2D eigenvalue weighted by Gasteiger charge is -2.16. The molecule has 0 bridgehead atoms. The second-order valence-corrected chi connectivity index (χ2v) is 5.27. The molecule has 2 heterocycles. The quantitative estimate of drug-likeness (QED) is 0.696. The third-order valence-electron chi connectivity index (χ3n) is 3.81. The lowest BCUT2D eigenvalue weighted by Crippen LogP contribution is -2.40. The van der Waals surface area contributed by atoms with E-state index in [1.165, 1.54) is 0 Å². The summed E-state index contributed by atoms with van der Waals surface area (Å²) in [5.41, 5.74) is 0. The Kier molecular flexibility index (Phi) is 5.15. The van der Waals surface area contributed by atoms with Crippen molar-refractivity contribution in [1.82, 2.24) is 15.5 Å². The van der Waals surface area contributed by atoms with Crippen LogP contribution in [0.3, 0.4) is 0 Å². The predicted octanol–water partition coefficient (Wildman–Crippen LogP) is -0.650. The number of carbonyl (C=O) groups excluding carboxylic acids is 2. The molecule has 0 radical (unpaired) electrons. The number of nitrogens with zero attached hydrogens (tertiary/aromatic N) is 1. The molecule has 0 aromatic heterocycles. The van der Waals surface area contributed by atoms with Crippen molar-refractivity contribution in [1.29, 1.82) is 0 Å². The van der Waals surface area contributed by atoms with Crippen molar-refractivity contribution in [3.63, 3.8) is 0 Å². The van der Waals surface area contributed by atoms with E-state index in [0.29, 0.717) is 19.6 Å². The molecule has 2 amide bonds. The Morgan fingerprint density at radius 1 is 1.37 bits per heavy atom. The van der Waals surface area contributed by atoms with Crippen LogP contribution in [-0.2, 0) is 14.3 Å². The molecule has 2 atom stereocenters. The van der Waals surface area contributed by atoms with Gasteiger partial charge >= 0.3 is 0 Å². The predicted molar refractivity (Wildman–Crippen MR) is 70.6 cm³/mol. The van der Waals surface area contributed by atoms with Crippen molar-refractivity contribution in [3.8, 4) is 0 Å². The molecule has 0 saturated carbocycles. The maximum Gasteiger partial charge on any atom is 0.234 e. The minimum atomic E-state index is 0.0213. The molecule has 0 aliphatic carbocycles. The van der Waals surface area contributed by atoms with Gasteiger partial charge in [-0.25, -0.2) is 0 Å². The number of ether oxygens (including phenoxy) is 1. The lowest BCUT2D eigenvalue weighted by atomic mass is 10.1. The smallest absolute Gasteiger partial charge is 0.234 e. The van der Waals surface area contributed by atoms with Crippen molar-refractivity contribution >= 4 is 11.8 Å². The number of nitrogens with one attached hydrogen (secondary N) is 2. The molecule has 2 fully saturated rings. The van der Waals surface area contributed by atoms with E-state index in [1.54, 1.807) is 7.05 Å². The zero-order valence-corrected chi connectivity index (χ0v) is 11.5. The van der Waals surface area contributed by atoms with Crippen molar-refractivity contribution in [2.75, 3.05) is 39.8 Å². The van der Waals surface area contributed by atoms with E-state index in [0.717, 1.165) is 32.4 Å². The van der Waals surface area contributed by atoms with Crippen molar-refractivity contribution in [3.05, 3.63) is 0 Å². The van der Waals surface area contributed by atoms with Gasteiger partial charge in [0, 0.05) is 26.7 Å². The van der Waals surface area contributed by atoms with Crippen LogP contribution < -0.4 is 10.6 Å². The summed E-state index contributed by atoms with van der Waals surface area (Å²) in [6, 6.07) is 0. The second kappa shape index (κ2) is 6.86. The Morgan fingerprint density at radius 3 is 2.89 bits per heavy atom. The Morgan fingerprint density at radius 2 is 2.21 bits per heavy atom.